The maximum absolute atomic E-state index is 13.6. The summed E-state index contributed by atoms with van der Waals surface area (Å²) in [6, 6.07) is 5.25. The molecule has 0 aromatic heterocycles. The van der Waals surface area contributed by atoms with Crippen molar-refractivity contribution in [1.82, 2.24) is 4.90 Å². The fourth-order valence-corrected chi connectivity index (χ4v) is 3.81. The Labute approximate surface area is 125 Å². The Morgan fingerprint density at radius 2 is 2.20 bits per heavy atom. The third-order valence-electron chi connectivity index (χ3n) is 3.89. The molecule has 1 aliphatic heterocycles. The first-order chi connectivity index (χ1) is 9.37. The van der Waals surface area contributed by atoms with Crippen LogP contribution in [0.2, 0.25) is 0 Å². The maximum Gasteiger partial charge on any atom is 0.126 e. The number of halogens is 1. The summed E-state index contributed by atoms with van der Waals surface area (Å²) in [4.78, 5) is 2.47. The van der Waals surface area contributed by atoms with Crippen molar-refractivity contribution in [2.75, 3.05) is 25.4 Å². The SMILES string of the molecule is Cc1ccc(C(N)CCN2CCSC(C)(C)C2)cc1F. The van der Waals surface area contributed by atoms with E-state index < -0.39 is 0 Å². The summed E-state index contributed by atoms with van der Waals surface area (Å²) in [5, 5.41) is 0. The van der Waals surface area contributed by atoms with Gasteiger partial charge >= 0.3 is 0 Å². The molecule has 0 aliphatic carbocycles. The van der Waals surface area contributed by atoms with E-state index in [0.29, 0.717) is 10.3 Å². The first-order valence-electron chi connectivity index (χ1n) is 7.25. The van der Waals surface area contributed by atoms with Crippen molar-refractivity contribution >= 4 is 11.8 Å². The third-order valence-corrected chi connectivity index (χ3v) is 5.18. The standard InChI is InChI=1S/C16H25FN2S/c1-12-4-5-13(10-14(12)17)15(18)6-7-19-8-9-20-16(2,3)11-19/h4-5,10,15H,6-9,11,18H2,1-3H3. The molecule has 1 aromatic rings. The van der Waals surface area contributed by atoms with E-state index in [9.17, 15) is 4.39 Å². The molecule has 1 atom stereocenters. The highest BCUT2D eigenvalue weighted by Gasteiger charge is 2.26. The molecule has 1 aliphatic rings. The van der Waals surface area contributed by atoms with E-state index in [1.807, 2.05) is 23.9 Å². The zero-order chi connectivity index (χ0) is 14.8. The van der Waals surface area contributed by atoms with Crippen molar-refractivity contribution in [1.29, 1.82) is 0 Å². The Hall–Kier alpha value is -0.580. The third kappa shape index (κ3) is 4.21. The lowest BCUT2D eigenvalue weighted by Crippen LogP contribution is -2.43. The van der Waals surface area contributed by atoms with Crippen LogP contribution in [-0.2, 0) is 0 Å². The molecule has 0 saturated carbocycles. The number of rotatable bonds is 4. The van der Waals surface area contributed by atoms with Crippen LogP contribution in [0.4, 0.5) is 4.39 Å². The smallest absolute Gasteiger partial charge is 0.126 e. The minimum absolute atomic E-state index is 0.0807. The number of nitrogens with zero attached hydrogens (tertiary/aromatic N) is 1. The zero-order valence-corrected chi connectivity index (χ0v) is 13.5. The molecule has 1 unspecified atom stereocenters. The molecular formula is C16H25FN2S. The van der Waals surface area contributed by atoms with Gasteiger partial charge in [-0.05, 0) is 44.4 Å². The van der Waals surface area contributed by atoms with Gasteiger partial charge in [-0.15, -0.1) is 0 Å². The van der Waals surface area contributed by atoms with Gasteiger partial charge in [-0.1, -0.05) is 12.1 Å². The van der Waals surface area contributed by atoms with E-state index in [4.69, 9.17) is 5.73 Å². The molecule has 1 fully saturated rings. The molecule has 4 heteroatoms. The van der Waals surface area contributed by atoms with Crippen molar-refractivity contribution in [3.63, 3.8) is 0 Å². The Kier molecular flexibility index (Phi) is 5.10. The maximum atomic E-state index is 13.6. The van der Waals surface area contributed by atoms with E-state index in [-0.39, 0.29) is 11.9 Å². The van der Waals surface area contributed by atoms with Crippen LogP contribution >= 0.6 is 11.8 Å². The monoisotopic (exact) mass is 296 g/mol. The van der Waals surface area contributed by atoms with E-state index in [1.54, 1.807) is 13.0 Å². The van der Waals surface area contributed by atoms with Crippen molar-refractivity contribution in [2.45, 2.75) is 38.0 Å². The fourth-order valence-electron chi connectivity index (χ4n) is 2.63. The lowest BCUT2D eigenvalue weighted by molar-refractivity contribution is 0.251. The second-order valence-electron chi connectivity index (χ2n) is 6.29. The lowest BCUT2D eigenvalue weighted by Gasteiger charge is -2.37. The number of thioether (sulfide) groups is 1. The molecule has 1 saturated heterocycles. The summed E-state index contributed by atoms with van der Waals surface area (Å²) in [5.74, 6) is 1.02. The van der Waals surface area contributed by atoms with Crippen molar-refractivity contribution < 1.29 is 4.39 Å². The molecule has 112 valence electrons. The van der Waals surface area contributed by atoms with Gasteiger partial charge in [0.05, 0.1) is 0 Å². The zero-order valence-electron chi connectivity index (χ0n) is 12.7. The predicted molar refractivity (Wildman–Crippen MR) is 85.7 cm³/mol. The largest absolute Gasteiger partial charge is 0.324 e. The normalized spacial score (nSPS) is 20.9. The van der Waals surface area contributed by atoms with Crippen LogP contribution in [0.5, 0.6) is 0 Å². The Morgan fingerprint density at radius 3 is 2.85 bits per heavy atom. The number of hydrogen-bond donors (Lipinski definition) is 1. The average Bonchev–Trinajstić information content (AvgIpc) is 2.38. The first kappa shape index (κ1) is 15.8. The van der Waals surface area contributed by atoms with Crippen LogP contribution in [0.1, 0.15) is 37.4 Å². The summed E-state index contributed by atoms with van der Waals surface area (Å²) in [5.41, 5.74) is 7.78. The molecule has 0 radical (unpaired) electrons. The second-order valence-corrected chi connectivity index (χ2v) is 8.09. The molecule has 1 heterocycles. The highest BCUT2D eigenvalue weighted by atomic mass is 32.2. The minimum Gasteiger partial charge on any atom is -0.324 e. The highest BCUT2D eigenvalue weighted by molar-refractivity contribution is 8.00. The minimum atomic E-state index is -0.159. The van der Waals surface area contributed by atoms with Gasteiger partial charge in [0, 0.05) is 36.2 Å². The summed E-state index contributed by atoms with van der Waals surface area (Å²) in [6.45, 7) is 9.58. The molecule has 1 aromatic carbocycles. The summed E-state index contributed by atoms with van der Waals surface area (Å²) in [7, 11) is 0. The van der Waals surface area contributed by atoms with Crippen LogP contribution in [-0.4, -0.2) is 35.0 Å². The summed E-state index contributed by atoms with van der Waals surface area (Å²) < 4.78 is 13.9. The van der Waals surface area contributed by atoms with Gasteiger partial charge in [-0.3, -0.25) is 0 Å². The van der Waals surface area contributed by atoms with Crippen molar-refractivity contribution in [3.8, 4) is 0 Å². The molecular weight excluding hydrogens is 271 g/mol. The van der Waals surface area contributed by atoms with Crippen LogP contribution < -0.4 is 5.73 Å². The second kappa shape index (κ2) is 6.46. The number of aryl methyl sites for hydroxylation is 1. The van der Waals surface area contributed by atoms with Crippen LogP contribution in [0.3, 0.4) is 0 Å². The van der Waals surface area contributed by atoms with Gasteiger partial charge in [0.2, 0.25) is 0 Å². The molecule has 2 rings (SSSR count). The molecule has 2 nitrogen and oxygen atoms in total. The fraction of sp³-hybridized carbons (Fsp3) is 0.625. The Morgan fingerprint density at radius 1 is 1.45 bits per heavy atom. The van der Waals surface area contributed by atoms with Gasteiger partial charge in [0.1, 0.15) is 5.82 Å². The summed E-state index contributed by atoms with van der Waals surface area (Å²) in [6.07, 6.45) is 0.878. The Balaban J connectivity index is 1.88. The van der Waals surface area contributed by atoms with Crippen LogP contribution in [0, 0.1) is 12.7 Å². The van der Waals surface area contributed by atoms with Crippen molar-refractivity contribution in [2.24, 2.45) is 5.73 Å². The van der Waals surface area contributed by atoms with Gasteiger partial charge in [0.25, 0.3) is 0 Å². The topological polar surface area (TPSA) is 29.3 Å². The molecule has 0 bridgehead atoms. The molecule has 0 amide bonds. The molecule has 0 spiro atoms. The Bertz CT molecular complexity index is 462. The van der Waals surface area contributed by atoms with Crippen LogP contribution in [0.25, 0.3) is 0 Å². The van der Waals surface area contributed by atoms with Crippen molar-refractivity contribution in [3.05, 3.63) is 35.1 Å². The van der Waals surface area contributed by atoms with Gasteiger partial charge < -0.3 is 10.6 Å². The van der Waals surface area contributed by atoms with Gasteiger partial charge in [0.15, 0.2) is 0 Å². The van der Waals surface area contributed by atoms with Gasteiger partial charge in [-0.25, -0.2) is 4.39 Å². The lowest BCUT2D eigenvalue weighted by atomic mass is 10.0. The van der Waals surface area contributed by atoms with Crippen LogP contribution in [0.15, 0.2) is 18.2 Å². The predicted octanol–water partition coefficient (Wildman–Crippen LogP) is 3.35. The quantitative estimate of drug-likeness (QED) is 0.924. The first-order valence-corrected chi connectivity index (χ1v) is 8.24. The molecule has 2 N–H and O–H groups in total. The number of hydrogen-bond acceptors (Lipinski definition) is 3. The van der Waals surface area contributed by atoms with E-state index in [0.717, 1.165) is 31.6 Å². The van der Waals surface area contributed by atoms with E-state index in [1.165, 1.54) is 5.75 Å². The van der Waals surface area contributed by atoms with E-state index >= 15 is 0 Å². The van der Waals surface area contributed by atoms with E-state index in [2.05, 4.69) is 18.7 Å². The highest BCUT2D eigenvalue weighted by Crippen LogP contribution is 2.30. The molecule has 20 heavy (non-hydrogen) atoms. The summed E-state index contributed by atoms with van der Waals surface area (Å²) >= 11 is 2.04. The van der Waals surface area contributed by atoms with Gasteiger partial charge in [-0.2, -0.15) is 11.8 Å². The average molecular weight is 296 g/mol. The number of nitrogens with two attached hydrogens (primary N) is 1. The number of benzene rings is 1.